The summed E-state index contributed by atoms with van der Waals surface area (Å²) in [6, 6.07) is 3.93. The van der Waals surface area contributed by atoms with E-state index < -0.39 is 5.95 Å². The van der Waals surface area contributed by atoms with Crippen LogP contribution >= 0.6 is 0 Å². The van der Waals surface area contributed by atoms with Crippen LogP contribution in [0.25, 0.3) is 0 Å². The van der Waals surface area contributed by atoms with Crippen molar-refractivity contribution in [1.29, 1.82) is 0 Å². The predicted octanol–water partition coefficient (Wildman–Crippen LogP) is 3.21. The summed E-state index contributed by atoms with van der Waals surface area (Å²) in [5.74, 6) is 0.429. The highest BCUT2D eigenvalue weighted by Crippen LogP contribution is 2.26. The summed E-state index contributed by atoms with van der Waals surface area (Å²) in [6.07, 6.45) is 6.22. The minimum Gasteiger partial charge on any atom is -0.379 e. The van der Waals surface area contributed by atoms with Crippen LogP contribution in [0.4, 0.5) is 10.1 Å². The fourth-order valence-corrected chi connectivity index (χ4v) is 2.12. The predicted molar refractivity (Wildman–Crippen MR) is 59.2 cm³/mol. The first-order valence-corrected chi connectivity index (χ1v) is 5.63. The van der Waals surface area contributed by atoms with Crippen LogP contribution in [-0.2, 0) is 0 Å². The molecule has 0 amide bonds. The van der Waals surface area contributed by atoms with Gasteiger partial charge in [-0.2, -0.15) is 4.39 Å². The largest absolute Gasteiger partial charge is 0.379 e. The number of rotatable bonds is 2. The number of anilines is 1. The molecule has 0 saturated heterocycles. The normalized spacial score (nSPS) is 26.3. The molecule has 82 valence electrons. The summed E-state index contributed by atoms with van der Waals surface area (Å²) in [6.45, 7) is 2.28. The summed E-state index contributed by atoms with van der Waals surface area (Å²) >= 11 is 0. The summed E-state index contributed by atoms with van der Waals surface area (Å²) < 4.78 is 13.2. The Kier molecular flexibility index (Phi) is 3.19. The first-order chi connectivity index (χ1) is 7.25. The van der Waals surface area contributed by atoms with Gasteiger partial charge in [-0.1, -0.05) is 6.92 Å². The van der Waals surface area contributed by atoms with Gasteiger partial charge in [-0.15, -0.1) is 0 Å². The molecule has 0 aromatic carbocycles. The van der Waals surface area contributed by atoms with Gasteiger partial charge in [-0.3, -0.25) is 0 Å². The maximum Gasteiger partial charge on any atom is 0.236 e. The van der Waals surface area contributed by atoms with E-state index in [1.165, 1.54) is 19.0 Å². The molecule has 2 rings (SSSR count). The van der Waals surface area contributed by atoms with Crippen LogP contribution in [0.3, 0.4) is 0 Å². The summed E-state index contributed by atoms with van der Waals surface area (Å²) in [5.41, 5.74) is 0.539. The van der Waals surface area contributed by atoms with Crippen molar-refractivity contribution in [3.05, 3.63) is 24.3 Å². The first kappa shape index (κ1) is 10.4. The van der Waals surface area contributed by atoms with Crippen molar-refractivity contribution in [3.63, 3.8) is 0 Å². The zero-order valence-electron chi connectivity index (χ0n) is 9.04. The molecule has 0 radical (unpaired) electrons. The molecule has 1 fully saturated rings. The van der Waals surface area contributed by atoms with Crippen LogP contribution in [0.15, 0.2) is 18.3 Å². The molecule has 1 heterocycles. The fourth-order valence-electron chi connectivity index (χ4n) is 2.12. The third-order valence-electron chi connectivity index (χ3n) is 3.13. The van der Waals surface area contributed by atoms with Gasteiger partial charge in [-0.25, -0.2) is 4.98 Å². The van der Waals surface area contributed by atoms with Crippen LogP contribution in [0.2, 0.25) is 0 Å². The van der Waals surface area contributed by atoms with Gasteiger partial charge in [-0.05, 0) is 43.7 Å². The van der Waals surface area contributed by atoms with E-state index in [4.69, 9.17) is 0 Å². The minimum atomic E-state index is -0.392. The van der Waals surface area contributed by atoms with E-state index in [-0.39, 0.29) is 0 Å². The number of aromatic nitrogens is 1. The quantitative estimate of drug-likeness (QED) is 0.755. The topological polar surface area (TPSA) is 24.9 Å². The molecular weight excluding hydrogens is 191 g/mol. The molecule has 1 aromatic rings. The molecule has 3 heteroatoms. The monoisotopic (exact) mass is 208 g/mol. The Hall–Kier alpha value is -1.12. The van der Waals surface area contributed by atoms with Crippen LogP contribution in [0, 0.1) is 11.9 Å². The number of halogens is 1. The molecule has 0 atom stereocenters. The zero-order chi connectivity index (χ0) is 10.7. The van der Waals surface area contributed by atoms with E-state index in [2.05, 4.69) is 17.2 Å². The lowest BCUT2D eigenvalue weighted by Gasteiger charge is -2.27. The van der Waals surface area contributed by atoms with Crippen molar-refractivity contribution in [2.75, 3.05) is 5.32 Å². The van der Waals surface area contributed by atoms with Crippen molar-refractivity contribution >= 4 is 5.69 Å². The van der Waals surface area contributed by atoms with Gasteiger partial charge in [0.1, 0.15) is 0 Å². The van der Waals surface area contributed by atoms with Crippen molar-refractivity contribution < 1.29 is 4.39 Å². The van der Waals surface area contributed by atoms with E-state index in [9.17, 15) is 4.39 Å². The lowest BCUT2D eigenvalue weighted by Crippen LogP contribution is -2.25. The van der Waals surface area contributed by atoms with E-state index in [0.29, 0.717) is 11.7 Å². The second kappa shape index (κ2) is 4.60. The van der Waals surface area contributed by atoms with E-state index in [0.717, 1.165) is 18.8 Å². The van der Waals surface area contributed by atoms with Crippen LogP contribution in [-0.4, -0.2) is 11.0 Å². The molecule has 1 saturated carbocycles. The third-order valence-corrected chi connectivity index (χ3v) is 3.13. The van der Waals surface area contributed by atoms with Crippen molar-refractivity contribution in [2.45, 2.75) is 38.6 Å². The second-order valence-corrected chi connectivity index (χ2v) is 4.44. The SMILES string of the molecule is CC1CCC(Nc2cccnc2F)CC1. The second-order valence-electron chi connectivity index (χ2n) is 4.44. The molecular formula is C12H17FN2. The summed E-state index contributed by atoms with van der Waals surface area (Å²) in [4.78, 5) is 3.63. The highest BCUT2D eigenvalue weighted by Gasteiger charge is 2.18. The minimum absolute atomic E-state index is 0.392. The Morgan fingerprint density at radius 3 is 2.73 bits per heavy atom. The van der Waals surface area contributed by atoms with Gasteiger partial charge in [0.2, 0.25) is 5.95 Å². The number of hydrogen-bond acceptors (Lipinski definition) is 2. The standard InChI is InChI=1S/C12H17FN2/c1-9-4-6-10(7-5-9)15-11-3-2-8-14-12(11)13/h2-3,8-10,15H,4-7H2,1H3. The summed E-state index contributed by atoms with van der Waals surface area (Å²) in [7, 11) is 0. The number of nitrogens with zero attached hydrogens (tertiary/aromatic N) is 1. The molecule has 1 N–H and O–H groups in total. The number of nitrogens with one attached hydrogen (secondary N) is 1. The molecule has 2 nitrogen and oxygen atoms in total. The third kappa shape index (κ3) is 2.67. The van der Waals surface area contributed by atoms with Crippen molar-refractivity contribution in [2.24, 2.45) is 5.92 Å². The lowest BCUT2D eigenvalue weighted by molar-refractivity contribution is 0.360. The molecule has 1 aromatic heterocycles. The van der Waals surface area contributed by atoms with Gasteiger partial charge in [0.05, 0.1) is 5.69 Å². The zero-order valence-corrected chi connectivity index (χ0v) is 9.04. The number of hydrogen-bond donors (Lipinski definition) is 1. The highest BCUT2D eigenvalue weighted by atomic mass is 19.1. The van der Waals surface area contributed by atoms with E-state index in [1.807, 2.05) is 0 Å². The Labute approximate surface area is 89.9 Å². The Morgan fingerprint density at radius 1 is 1.33 bits per heavy atom. The van der Waals surface area contributed by atoms with Gasteiger partial charge in [0, 0.05) is 12.2 Å². The van der Waals surface area contributed by atoms with Crippen LogP contribution in [0.1, 0.15) is 32.6 Å². The lowest BCUT2D eigenvalue weighted by atomic mass is 9.87. The first-order valence-electron chi connectivity index (χ1n) is 5.63. The molecule has 0 aliphatic heterocycles. The van der Waals surface area contributed by atoms with Crippen molar-refractivity contribution in [1.82, 2.24) is 4.98 Å². The van der Waals surface area contributed by atoms with Gasteiger partial charge in [0.15, 0.2) is 0 Å². The number of pyridine rings is 1. The van der Waals surface area contributed by atoms with Gasteiger partial charge in [0.25, 0.3) is 0 Å². The highest BCUT2D eigenvalue weighted by molar-refractivity contribution is 5.42. The van der Waals surface area contributed by atoms with E-state index in [1.54, 1.807) is 12.1 Å². The summed E-state index contributed by atoms with van der Waals surface area (Å²) in [5, 5.41) is 3.23. The maximum absolute atomic E-state index is 13.2. The smallest absolute Gasteiger partial charge is 0.236 e. The Balaban J connectivity index is 1.95. The van der Waals surface area contributed by atoms with Crippen LogP contribution in [0.5, 0.6) is 0 Å². The molecule has 1 aliphatic rings. The Bertz CT molecular complexity index is 319. The molecule has 0 unspecified atom stereocenters. The Morgan fingerprint density at radius 2 is 2.07 bits per heavy atom. The molecule has 0 spiro atoms. The van der Waals surface area contributed by atoms with Crippen LogP contribution < -0.4 is 5.32 Å². The fraction of sp³-hybridized carbons (Fsp3) is 0.583. The van der Waals surface area contributed by atoms with Gasteiger partial charge >= 0.3 is 0 Å². The molecule has 15 heavy (non-hydrogen) atoms. The average molecular weight is 208 g/mol. The molecule has 0 bridgehead atoms. The molecule has 1 aliphatic carbocycles. The van der Waals surface area contributed by atoms with Gasteiger partial charge < -0.3 is 5.32 Å². The van der Waals surface area contributed by atoms with E-state index >= 15 is 0 Å². The average Bonchev–Trinajstić information content (AvgIpc) is 2.25. The maximum atomic E-state index is 13.2. The van der Waals surface area contributed by atoms with Crippen molar-refractivity contribution in [3.8, 4) is 0 Å².